The van der Waals surface area contributed by atoms with Gasteiger partial charge < -0.3 is 26.8 Å². The first-order chi connectivity index (χ1) is 15.2. The molecule has 0 radical (unpaired) electrons. The van der Waals surface area contributed by atoms with Crippen LogP contribution in [0.25, 0.3) is 11.2 Å². The number of nitrogens with two attached hydrogens (primary N) is 2. The first-order valence-corrected chi connectivity index (χ1v) is 9.40. The van der Waals surface area contributed by atoms with Crippen LogP contribution in [0.1, 0.15) is 28.9 Å². The second kappa shape index (κ2) is 9.32. The summed E-state index contributed by atoms with van der Waals surface area (Å²) in [6.45, 7) is 0.0382. The number of halogens is 2. The van der Waals surface area contributed by atoms with Crippen molar-refractivity contribution < 1.29 is 23.5 Å². The lowest BCUT2D eigenvalue weighted by Gasteiger charge is -2.21. The molecule has 0 saturated heterocycles. The highest BCUT2D eigenvalue weighted by Gasteiger charge is 2.19. The van der Waals surface area contributed by atoms with Crippen molar-refractivity contribution in [3.05, 3.63) is 41.2 Å². The summed E-state index contributed by atoms with van der Waals surface area (Å²) < 4.78 is 29.3. The van der Waals surface area contributed by atoms with E-state index in [1.165, 1.54) is 18.1 Å². The van der Waals surface area contributed by atoms with E-state index in [9.17, 15) is 18.4 Å². The number of anilines is 3. The summed E-state index contributed by atoms with van der Waals surface area (Å²) in [5.41, 5.74) is 11.5. The highest BCUT2D eigenvalue weighted by atomic mass is 19.1. The van der Waals surface area contributed by atoms with Crippen molar-refractivity contribution in [3.8, 4) is 0 Å². The number of nitrogens with one attached hydrogen (secondary N) is 1. The second-order valence-electron chi connectivity index (χ2n) is 6.90. The minimum Gasteiger partial charge on any atom is -0.481 e. The lowest BCUT2D eigenvalue weighted by molar-refractivity contribution is -0.137. The third-order valence-electron chi connectivity index (χ3n) is 4.41. The van der Waals surface area contributed by atoms with Crippen molar-refractivity contribution >= 4 is 40.5 Å². The van der Waals surface area contributed by atoms with Crippen molar-refractivity contribution in [1.29, 1.82) is 0 Å². The Balaban J connectivity index is 1.75. The first kappa shape index (κ1) is 22.5. The lowest BCUT2D eigenvalue weighted by Crippen LogP contribution is -2.26. The molecule has 3 rings (SSSR count). The summed E-state index contributed by atoms with van der Waals surface area (Å²) in [5.74, 6) is -3.64. The summed E-state index contributed by atoms with van der Waals surface area (Å²) >= 11 is 0. The van der Waals surface area contributed by atoms with Gasteiger partial charge >= 0.3 is 5.97 Å². The van der Waals surface area contributed by atoms with E-state index in [4.69, 9.17) is 16.6 Å². The summed E-state index contributed by atoms with van der Waals surface area (Å²) in [6, 6.07) is 1.81. The van der Waals surface area contributed by atoms with Crippen LogP contribution in [0.3, 0.4) is 0 Å². The second-order valence-corrected chi connectivity index (χ2v) is 6.90. The summed E-state index contributed by atoms with van der Waals surface area (Å²) in [5, 5.41) is 11.0. The monoisotopic (exact) mass is 446 g/mol. The minimum atomic E-state index is -1.00. The molecule has 2 heterocycles. The number of hydrogen-bond donors (Lipinski definition) is 4. The summed E-state index contributed by atoms with van der Waals surface area (Å²) in [4.78, 5) is 40.0. The number of carboxylic acid groups (broad SMARTS) is 1. The van der Waals surface area contributed by atoms with E-state index in [2.05, 4.69) is 25.3 Å². The predicted octanol–water partition coefficient (Wildman–Crippen LogP) is 1.09. The van der Waals surface area contributed by atoms with Gasteiger partial charge in [-0.3, -0.25) is 9.59 Å². The van der Waals surface area contributed by atoms with E-state index < -0.39 is 23.5 Å². The SMILES string of the molecule is CN(Cc1cnc2nc(N)nc(N)c2n1)c1c(F)cc(C(=O)NCCCC(=O)O)cc1F. The summed E-state index contributed by atoms with van der Waals surface area (Å²) in [7, 11) is 1.45. The Morgan fingerprint density at radius 2 is 1.84 bits per heavy atom. The molecule has 6 N–H and O–H groups in total. The van der Waals surface area contributed by atoms with Crippen LogP contribution >= 0.6 is 0 Å². The van der Waals surface area contributed by atoms with Gasteiger partial charge in [-0.2, -0.15) is 9.97 Å². The third kappa shape index (κ3) is 5.11. The molecule has 0 bridgehead atoms. The maximum atomic E-state index is 14.7. The maximum absolute atomic E-state index is 14.7. The molecule has 32 heavy (non-hydrogen) atoms. The quantitative estimate of drug-likeness (QED) is 0.367. The van der Waals surface area contributed by atoms with Gasteiger partial charge in [0.05, 0.1) is 18.4 Å². The number of aliphatic carboxylic acids is 1. The molecular weight excluding hydrogens is 426 g/mol. The molecule has 0 unspecified atom stereocenters. The number of aromatic nitrogens is 4. The predicted molar refractivity (Wildman–Crippen MR) is 112 cm³/mol. The first-order valence-electron chi connectivity index (χ1n) is 9.40. The molecule has 0 saturated carbocycles. The smallest absolute Gasteiger partial charge is 0.303 e. The maximum Gasteiger partial charge on any atom is 0.303 e. The normalized spacial score (nSPS) is 10.8. The van der Waals surface area contributed by atoms with Gasteiger partial charge in [0.1, 0.15) is 17.3 Å². The zero-order chi connectivity index (χ0) is 23.4. The zero-order valence-corrected chi connectivity index (χ0v) is 17.0. The number of fused-ring (bicyclic) bond motifs is 1. The van der Waals surface area contributed by atoms with Crippen LogP contribution in [0.2, 0.25) is 0 Å². The van der Waals surface area contributed by atoms with Crippen molar-refractivity contribution in [2.24, 2.45) is 0 Å². The van der Waals surface area contributed by atoms with Gasteiger partial charge in [0.25, 0.3) is 5.91 Å². The molecule has 13 heteroatoms. The van der Waals surface area contributed by atoms with Gasteiger partial charge in [-0.15, -0.1) is 0 Å². The molecule has 3 aromatic rings. The zero-order valence-electron chi connectivity index (χ0n) is 17.0. The van der Waals surface area contributed by atoms with Crippen LogP contribution in [0.4, 0.5) is 26.2 Å². The number of carbonyl (C=O) groups excluding carboxylic acids is 1. The Kier molecular flexibility index (Phi) is 6.56. The molecule has 0 spiro atoms. The van der Waals surface area contributed by atoms with E-state index in [1.54, 1.807) is 0 Å². The fourth-order valence-corrected chi connectivity index (χ4v) is 2.99. The molecule has 1 aromatic carbocycles. The Labute approximate surface area is 180 Å². The van der Waals surface area contributed by atoms with E-state index in [-0.39, 0.29) is 60.1 Å². The summed E-state index contributed by atoms with van der Waals surface area (Å²) in [6.07, 6.45) is 1.44. The Morgan fingerprint density at radius 3 is 2.50 bits per heavy atom. The van der Waals surface area contributed by atoms with Gasteiger partial charge in [0.2, 0.25) is 5.95 Å². The van der Waals surface area contributed by atoms with Crippen molar-refractivity contribution in [2.75, 3.05) is 30.0 Å². The van der Waals surface area contributed by atoms with Crippen LogP contribution in [-0.2, 0) is 11.3 Å². The molecule has 0 aliphatic carbocycles. The highest BCUT2D eigenvalue weighted by molar-refractivity contribution is 5.94. The lowest BCUT2D eigenvalue weighted by atomic mass is 10.1. The average Bonchev–Trinajstić information content (AvgIpc) is 2.70. The number of carboxylic acids is 1. The van der Waals surface area contributed by atoms with Crippen LogP contribution in [0.5, 0.6) is 0 Å². The average molecular weight is 446 g/mol. The van der Waals surface area contributed by atoms with Gasteiger partial charge in [0, 0.05) is 25.6 Å². The number of nitrogen functional groups attached to an aromatic ring is 2. The topological polar surface area (TPSA) is 173 Å². The van der Waals surface area contributed by atoms with Crippen LogP contribution < -0.4 is 21.7 Å². The van der Waals surface area contributed by atoms with E-state index >= 15 is 0 Å². The largest absolute Gasteiger partial charge is 0.481 e. The Bertz CT molecular complexity index is 1170. The number of nitrogens with zero attached hydrogens (tertiary/aromatic N) is 5. The van der Waals surface area contributed by atoms with E-state index in [0.29, 0.717) is 5.69 Å². The highest BCUT2D eigenvalue weighted by Crippen LogP contribution is 2.26. The molecule has 0 aliphatic rings. The molecule has 2 aromatic heterocycles. The Morgan fingerprint density at radius 1 is 1.16 bits per heavy atom. The number of carbonyl (C=O) groups is 2. The van der Waals surface area contributed by atoms with Gasteiger partial charge in [-0.05, 0) is 18.6 Å². The van der Waals surface area contributed by atoms with Crippen LogP contribution in [0.15, 0.2) is 18.3 Å². The number of benzene rings is 1. The number of hydrogen-bond acceptors (Lipinski definition) is 9. The van der Waals surface area contributed by atoms with Gasteiger partial charge in [0.15, 0.2) is 17.0 Å². The van der Waals surface area contributed by atoms with Crippen LogP contribution in [0, 0.1) is 11.6 Å². The number of amides is 1. The van der Waals surface area contributed by atoms with E-state index in [0.717, 1.165) is 12.1 Å². The minimum absolute atomic E-state index is 0.0265. The van der Waals surface area contributed by atoms with Gasteiger partial charge in [-0.25, -0.2) is 18.7 Å². The molecule has 1 amide bonds. The fourth-order valence-electron chi connectivity index (χ4n) is 2.99. The van der Waals surface area contributed by atoms with Crippen LogP contribution in [-0.4, -0.2) is 50.5 Å². The van der Waals surface area contributed by atoms with Crippen molar-refractivity contribution in [2.45, 2.75) is 19.4 Å². The van der Waals surface area contributed by atoms with E-state index in [1.807, 2.05) is 0 Å². The molecule has 0 aliphatic heterocycles. The molecule has 11 nitrogen and oxygen atoms in total. The van der Waals surface area contributed by atoms with Crippen molar-refractivity contribution in [1.82, 2.24) is 25.3 Å². The Hall–Kier alpha value is -4.16. The van der Waals surface area contributed by atoms with Crippen molar-refractivity contribution in [3.63, 3.8) is 0 Å². The molecule has 0 fully saturated rings. The molecule has 0 atom stereocenters. The number of rotatable bonds is 8. The molecular formula is C19H20F2N8O3. The molecule has 168 valence electrons. The van der Waals surface area contributed by atoms with Gasteiger partial charge in [-0.1, -0.05) is 0 Å². The standard InChI is InChI=1S/C19H20F2N8O3/c1-29(8-10-7-25-17-14(26-10)16(22)27-19(23)28-17)15-11(20)5-9(6-12(15)21)18(32)24-4-2-3-13(30)31/h5-7H,2-4,8H2,1H3,(H,24,32)(H,30,31)(H4,22,23,25,27,28). The third-order valence-corrected chi connectivity index (χ3v) is 4.41. The fraction of sp³-hybridized carbons (Fsp3) is 0.263.